The lowest BCUT2D eigenvalue weighted by Gasteiger charge is -2.31. The fourth-order valence-corrected chi connectivity index (χ4v) is 2.85. The molecule has 0 bridgehead atoms. The molecule has 2 heterocycles. The van der Waals surface area contributed by atoms with Crippen molar-refractivity contribution in [3.05, 3.63) is 35.5 Å². The summed E-state index contributed by atoms with van der Waals surface area (Å²) in [6.45, 7) is 7.66. The molecule has 124 valence electrons. The second-order valence-corrected chi connectivity index (χ2v) is 5.96. The van der Waals surface area contributed by atoms with Crippen LogP contribution in [-0.2, 0) is 6.54 Å². The van der Waals surface area contributed by atoms with E-state index in [9.17, 15) is 4.39 Å². The number of hydrogen-bond donors (Lipinski definition) is 1. The predicted molar refractivity (Wildman–Crippen MR) is 85.9 cm³/mol. The van der Waals surface area contributed by atoms with Crippen molar-refractivity contribution in [2.45, 2.75) is 26.4 Å². The van der Waals surface area contributed by atoms with Gasteiger partial charge >= 0.3 is 0 Å². The van der Waals surface area contributed by atoms with Crippen LogP contribution in [0.5, 0.6) is 5.75 Å². The minimum atomic E-state index is -0.366. The Morgan fingerprint density at radius 1 is 1.48 bits per heavy atom. The number of methoxy groups -OCH3 is 1. The van der Waals surface area contributed by atoms with E-state index >= 15 is 0 Å². The van der Waals surface area contributed by atoms with Crippen molar-refractivity contribution in [2.24, 2.45) is 0 Å². The molecular weight excluding hydrogens is 297 g/mol. The monoisotopic (exact) mass is 319 g/mol. The summed E-state index contributed by atoms with van der Waals surface area (Å²) in [6, 6.07) is 5.02. The lowest BCUT2D eigenvalue weighted by atomic mass is 10.2. The number of rotatable bonds is 4. The van der Waals surface area contributed by atoms with Gasteiger partial charge in [0, 0.05) is 32.2 Å². The number of halogens is 1. The number of piperazine rings is 1. The quantitative estimate of drug-likeness (QED) is 0.939. The molecule has 0 saturated carbocycles. The number of oxazole rings is 1. The number of aryl methyl sites for hydroxylation is 1. The molecule has 2 aromatic rings. The van der Waals surface area contributed by atoms with E-state index in [2.05, 4.69) is 22.1 Å². The summed E-state index contributed by atoms with van der Waals surface area (Å²) in [5.41, 5.74) is 1.18. The van der Waals surface area contributed by atoms with E-state index < -0.39 is 0 Å². The van der Waals surface area contributed by atoms with Gasteiger partial charge in [0.2, 0.25) is 5.89 Å². The normalized spacial score (nSPS) is 19.0. The first-order chi connectivity index (χ1) is 11.1. The lowest BCUT2D eigenvalue weighted by molar-refractivity contribution is 0.197. The Morgan fingerprint density at radius 2 is 2.30 bits per heavy atom. The predicted octanol–water partition coefficient (Wildman–Crippen LogP) is 2.59. The maximum atomic E-state index is 14.1. The van der Waals surface area contributed by atoms with Crippen LogP contribution in [0.3, 0.4) is 0 Å². The van der Waals surface area contributed by atoms with Gasteiger partial charge in [-0.15, -0.1) is 0 Å². The molecule has 1 aliphatic rings. The van der Waals surface area contributed by atoms with Crippen molar-refractivity contribution in [3.63, 3.8) is 0 Å². The summed E-state index contributed by atoms with van der Waals surface area (Å²) in [4.78, 5) is 6.84. The Morgan fingerprint density at radius 3 is 3.04 bits per heavy atom. The van der Waals surface area contributed by atoms with Crippen LogP contribution < -0.4 is 10.1 Å². The van der Waals surface area contributed by atoms with Gasteiger partial charge in [0.25, 0.3) is 0 Å². The van der Waals surface area contributed by atoms with Gasteiger partial charge in [-0.25, -0.2) is 9.37 Å². The maximum Gasteiger partial charge on any atom is 0.229 e. The van der Waals surface area contributed by atoms with E-state index in [1.54, 1.807) is 19.2 Å². The molecule has 0 aliphatic carbocycles. The highest BCUT2D eigenvalue weighted by Crippen LogP contribution is 2.28. The molecule has 23 heavy (non-hydrogen) atoms. The largest absolute Gasteiger partial charge is 0.497 e. The SMILES string of the molecule is COc1ccc(F)c(-c2nc(CN3CCNC(C)C3)c(C)o2)c1. The third-order valence-corrected chi connectivity index (χ3v) is 4.12. The van der Waals surface area contributed by atoms with E-state index in [1.165, 1.54) is 6.07 Å². The first-order valence-corrected chi connectivity index (χ1v) is 7.82. The Bertz CT molecular complexity index is 686. The highest BCUT2D eigenvalue weighted by molar-refractivity contribution is 5.57. The van der Waals surface area contributed by atoms with Crippen LogP contribution in [0, 0.1) is 12.7 Å². The summed E-state index contributed by atoms with van der Waals surface area (Å²) in [6.07, 6.45) is 0. The molecule has 1 saturated heterocycles. The highest BCUT2D eigenvalue weighted by Gasteiger charge is 2.20. The molecule has 1 aliphatic heterocycles. The van der Waals surface area contributed by atoms with E-state index in [0.29, 0.717) is 29.8 Å². The molecule has 3 rings (SSSR count). The smallest absolute Gasteiger partial charge is 0.229 e. The minimum absolute atomic E-state index is 0.303. The second kappa shape index (κ2) is 6.68. The van der Waals surface area contributed by atoms with Gasteiger partial charge in [-0.05, 0) is 32.0 Å². The number of nitrogens with one attached hydrogen (secondary N) is 1. The Hall–Kier alpha value is -1.92. The van der Waals surface area contributed by atoms with E-state index in [1.807, 2.05) is 6.92 Å². The lowest BCUT2D eigenvalue weighted by Crippen LogP contribution is -2.48. The van der Waals surface area contributed by atoms with Crippen LogP contribution in [0.2, 0.25) is 0 Å². The van der Waals surface area contributed by atoms with Gasteiger partial charge in [-0.2, -0.15) is 0 Å². The molecular formula is C17H22FN3O2. The number of benzene rings is 1. The van der Waals surface area contributed by atoms with Crippen LogP contribution in [0.15, 0.2) is 22.6 Å². The van der Waals surface area contributed by atoms with Crippen LogP contribution >= 0.6 is 0 Å². The zero-order chi connectivity index (χ0) is 16.4. The Labute approximate surface area is 135 Å². The van der Waals surface area contributed by atoms with Crippen molar-refractivity contribution >= 4 is 0 Å². The molecule has 0 amide bonds. The standard InChI is InChI=1S/C17H22FN3O2/c1-11-9-21(7-6-19-11)10-16-12(2)23-17(20-16)14-8-13(22-3)4-5-15(14)18/h4-5,8,11,19H,6-7,9-10H2,1-3H3. The molecule has 0 radical (unpaired) electrons. The third-order valence-electron chi connectivity index (χ3n) is 4.12. The van der Waals surface area contributed by atoms with Crippen LogP contribution in [0.1, 0.15) is 18.4 Å². The number of nitrogens with zero attached hydrogens (tertiary/aromatic N) is 2. The molecule has 1 aromatic carbocycles. The fourth-order valence-electron chi connectivity index (χ4n) is 2.85. The summed E-state index contributed by atoms with van der Waals surface area (Å²) in [7, 11) is 1.55. The molecule has 1 fully saturated rings. The van der Waals surface area contributed by atoms with Gasteiger partial charge < -0.3 is 14.5 Å². The fraction of sp³-hybridized carbons (Fsp3) is 0.471. The third kappa shape index (κ3) is 3.54. The van der Waals surface area contributed by atoms with E-state index in [0.717, 1.165) is 31.1 Å². The molecule has 1 unspecified atom stereocenters. The molecule has 1 aromatic heterocycles. The van der Waals surface area contributed by atoms with Gasteiger partial charge in [0.1, 0.15) is 17.3 Å². The average Bonchev–Trinajstić information content (AvgIpc) is 2.88. The number of hydrogen-bond acceptors (Lipinski definition) is 5. The second-order valence-electron chi connectivity index (χ2n) is 5.96. The Balaban J connectivity index is 1.83. The molecule has 1 atom stereocenters. The van der Waals surface area contributed by atoms with Crippen LogP contribution in [-0.4, -0.2) is 42.7 Å². The van der Waals surface area contributed by atoms with Gasteiger partial charge in [-0.3, -0.25) is 4.90 Å². The summed E-state index contributed by atoms with van der Waals surface area (Å²) in [5.74, 6) is 1.25. The van der Waals surface area contributed by atoms with Crippen molar-refractivity contribution in [3.8, 4) is 17.2 Å². The number of ether oxygens (including phenoxy) is 1. The zero-order valence-electron chi connectivity index (χ0n) is 13.7. The van der Waals surface area contributed by atoms with Crippen molar-refractivity contribution in [2.75, 3.05) is 26.7 Å². The molecule has 6 heteroatoms. The first-order valence-electron chi connectivity index (χ1n) is 7.82. The Kier molecular flexibility index (Phi) is 4.63. The highest BCUT2D eigenvalue weighted by atomic mass is 19.1. The van der Waals surface area contributed by atoms with Crippen molar-refractivity contribution in [1.29, 1.82) is 0 Å². The van der Waals surface area contributed by atoms with Crippen molar-refractivity contribution in [1.82, 2.24) is 15.2 Å². The topological polar surface area (TPSA) is 50.5 Å². The molecule has 0 spiro atoms. The van der Waals surface area contributed by atoms with Crippen LogP contribution in [0.4, 0.5) is 4.39 Å². The van der Waals surface area contributed by atoms with E-state index in [-0.39, 0.29) is 5.82 Å². The maximum absolute atomic E-state index is 14.1. The van der Waals surface area contributed by atoms with Crippen molar-refractivity contribution < 1.29 is 13.5 Å². The van der Waals surface area contributed by atoms with Gasteiger partial charge in [-0.1, -0.05) is 0 Å². The minimum Gasteiger partial charge on any atom is -0.497 e. The first kappa shape index (κ1) is 16.0. The van der Waals surface area contributed by atoms with E-state index in [4.69, 9.17) is 9.15 Å². The van der Waals surface area contributed by atoms with Gasteiger partial charge in [0.05, 0.1) is 18.4 Å². The zero-order valence-corrected chi connectivity index (χ0v) is 13.7. The van der Waals surface area contributed by atoms with Crippen LogP contribution in [0.25, 0.3) is 11.5 Å². The number of aromatic nitrogens is 1. The summed E-state index contributed by atoms with van der Waals surface area (Å²) >= 11 is 0. The summed E-state index contributed by atoms with van der Waals surface area (Å²) < 4.78 is 24.9. The van der Waals surface area contributed by atoms with Gasteiger partial charge in [0.15, 0.2) is 0 Å². The molecule has 1 N–H and O–H groups in total. The average molecular weight is 319 g/mol. The summed E-state index contributed by atoms with van der Waals surface area (Å²) in [5, 5.41) is 3.41. The molecule has 5 nitrogen and oxygen atoms in total.